The SMILES string of the molecule is Cc1ccc2ncc(S(=O)(=O)F)n2c1. The summed E-state index contributed by atoms with van der Waals surface area (Å²) in [5.74, 6) is 0. The normalized spacial score (nSPS) is 12.1. The van der Waals surface area contributed by atoms with Gasteiger partial charge in [0.1, 0.15) is 5.65 Å². The van der Waals surface area contributed by atoms with Crippen LogP contribution in [0.3, 0.4) is 0 Å². The van der Waals surface area contributed by atoms with Crippen molar-refractivity contribution in [2.24, 2.45) is 0 Å². The average Bonchev–Trinajstić information content (AvgIpc) is 2.45. The van der Waals surface area contributed by atoms with E-state index in [1.54, 1.807) is 19.1 Å². The molecule has 4 nitrogen and oxygen atoms in total. The van der Waals surface area contributed by atoms with Crippen molar-refractivity contribution in [2.45, 2.75) is 11.9 Å². The summed E-state index contributed by atoms with van der Waals surface area (Å²) >= 11 is 0. The molecular weight excluding hydrogens is 207 g/mol. The fourth-order valence-corrected chi connectivity index (χ4v) is 1.80. The second-order valence-electron chi connectivity index (χ2n) is 2.97. The lowest BCUT2D eigenvalue weighted by atomic mass is 10.3. The number of pyridine rings is 1. The Morgan fingerprint density at radius 3 is 2.79 bits per heavy atom. The molecule has 0 saturated heterocycles. The third-order valence-corrected chi connectivity index (χ3v) is 2.67. The topological polar surface area (TPSA) is 51.4 Å². The van der Waals surface area contributed by atoms with Crippen molar-refractivity contribution in [3.63, 3.8) is 0 Å². The van der Waals surface area contributed by atoms with E-state index in [2.05, 4.69) is 4.98 Å². The van der Waals surface area contributed by atoms with Gasteiger partial charge in [-0.15, -0.1) is 0 Å². The first-order chi connectivity index (χ1) is 6.48. The van der Waals surface area contributed by atoms with Gasteiger partial charge in [0.05, 0.1) is 6.20 Å². The maximum Gasteiger partial charge on any atom is 0.349 e. The van der Waals surface area contributed by atoms with Crippen LogP contribution in [0.1, 0.15) is 5.56 Å². The minimum Gasteiger partial charge on any atom is -0.288 e. The Kier molecular flexibility index (Phi) is 1.81. The molecule has 0 unspecified atom stereocenters. The van der Waals surface area contributed by atoms with Crippen molar-refractivity contribution < 1.29 is 12.3 Å². The van der Waals surface area contributed by atoms with Crippen molar-refractivity contribution in [3.8, 4) is 0 Å². The van der Waals surface area contributed by atoms with E-state index >= 15 is 0 Å². The third-order valence-electron chi connectivity index (χ3n) is 1.87. The summed E-state index contributed by atoms with van der Waals surface area (Å²) in [5, 5.41) is -0.434. The van der Waals surface area contributed by atoms with Crippen LogP contribution in [0.25, 0.3) is 5.65 Å². The Labute approximate surface area is 80.2 Å². The van der Waals surface area contributed by atoms with Crippen LogP contribution in [0.5, 0.6) is 0 Å². The number of imidazole rings is 1. The van der Waals surface area contributed by atoms with Gasteiger partial charge in [-0.25, -0.2) is 4.98 Å². The number of hydrogen-bond donors (Lipinski definition) is 0. The molecule has 0 amide bonds. The molecule has 0 aromatic carbocycles. The molecular formula is C8H7FN2O2S. The van der Waals surface area contributed by atoms with Crippen molar-refractivity contribution in [1.82, 2.24) is 9.38 Å². The van der Waals surface area contributed by atoms with E-state index in [0.717, 1.165) is 11.8 Å². The van der Waals surface area contributed by atoms with E-state index in [1.165, 1.54) is 10.6 Å². The van der Waals surface area contributed by atoms with Gasteiger partial charge in [-0.1, -0.05) is 9.95 Å². The molecule has 0 aliphatic heterocycles. The van der Waals surface area contributed by atoms with Crippen LogP contribution in [0.2, 0.25) is 0 Å². The van der Waals surface area contributed by atoms with Gasteiger partial charge >= 0.3 is 10.2 Å². The fraction of sp³-hybridized carbons (Fsp3) is 0.125. The first kappa shape index (κ1) is 9.14. The van der Waals surface area contributed by atoms with E-state index in [9.17, 15) is 12.3 Å². The minimum absolute atomic E-state index is 0.409. The standard InChI is InChI=1S/C8H7FN2O2S/c1-6-2-3-7-10-4-8(11(7)5-6)14(9,12)13/h2-5H,1H3. The summed E-state index contributed by atoms with van der Waals surface area (Å²) in [7, 11) is -4.70. The summed E-state index contributed by atoms with van der Waals surface area (Å²) in [5.41, 5.74) is 1.24. The van der Waals surface area contributed by atoms with E-state index in [0.29, 0.717) is 5.65 Å². The molecule has 2 aromatic heterocycles. The van der Waals surface area contributed by atoms with Crippen LogP contribution in [0, 0.1) is 6.92 Å². The molecule has 0 aliphatic carbocycles. The van der Waals surface area contributed by atoms with Gasteiger partial charge in [-0.2, -0.15) is 8.42 Å². The molecule has 0 aliphatic rings. The van der Waals surface area contributed by atoms with Crippen LogP contribution in [-0.4, -0.2) is 17.8 Å². The van der Waals surface area contributed by atoms with Crippen LogP contribution >= 0.6 is 0 Å². The molecule has 2 aromatic rings. The zero-order valence-corrected chi connectivity index (χ0v) is 8.12. The van der Waals surface area contributed by atoms with Crippen molar-refractivity contribution in [2.75, 3.05) is 0 Å². The molecule has 0 atom stereocenters. The van der Waals surface area contributed by atoms with Crippen molar-refractivity contribution in [3.05, 3.63) is 30.1 Å². The van der Waals surface area contributed by atoms with Gasteiger partial charge in [0, 0.05) is 6.20 Å². The van der Waals surface area contributed by atoms with Gasteiger partial charge in [-0.3, -0.25) is 4.40 Å². The Morgan fingerprint density at radius 2 is 2.14 bits per heavy atom. The number of aryl methyl sites for hydroxylation is 1. The van der Waals surface area contributed by atoms with Crippen LogP contribution < -0.4 is 0 Å². The number of rotatable bonds is 1. The molecule has 0 fully saturated rings. The first-order valence-corrected chi connectivity index (χ1v) is 5.25. The van der Waals surface area contributed by atoms with Crippen LogP contribution in [0.4, 0.5) is 3.89 Å². The minimum atomic E-state index is -4.70. The predicted octanol–water partition coefficient (Wildman–Crippen LogP) is 1.30. The molecule has 0 saturated carbocycles. The Morgan fingerprint density at radius 1 is 1.43 bits per heavy atom. The van der Waals surface area contributed by atoms with Crippen molar-refractivity contribution in [1.29, 1.82) is 0 Å². The van der Waals surface area contributed by atoms with E-state index < -0.39 is 15.2 Å². The van der Waals surface area contributed by atoms with Gasteiger partial charge in [0.25, 0.3) is 0 Å². The highest BCUT2D eigenvalue weighted by molar-refractivity contribution is 7.86. The molecule has 0 N–H and O–H groups in total. The van der Waals surface area contributed by atoms with E-state index in [1.807, 2.05) is 0 Å². The van der Waals surface area contributed by atoms with Crippen LogP contribution in [-0.2, 0) is 10.2 Å². The zero-order chi connectivity index (χ0) is 10.3. The Bertz CT molecular complexity index is 588. The number of aromatic nitrogens is 2. The van der Waals surface area contributed by atoms with E-state index in [4.69, 9.17) is 0 Å². The van der Waals surface area contributed by atoms with Gasteiger partial charge in [0.15, 0.2) is 5.03 Å². The second kappa shape index (κ2) is 2.78. The Balaban J connectivity index is 2.87. The lowest BCUT2D eigenvalue weighted by Crippen LogP contribution is -1.97. The molecule has 0 bridgehead atoms. The molecule has 2 heterocycles. The molecule has 0 spiro atoms. The molecule has 6 heteroatoms. The number of fused-ring (bicyclic) bond motifs is 1. The summed E-state index contributed by atoms with van der Waals surface area (Å²) < 4.78 is 35.3. The first-order valence-electron chi connectivity index (χ1n) is 3.87. The molecule has 2 rings (SSSR count). The average molecular weight is 214 g/mol. The summed E-state index contributed by atoms with van der Waals surface area (Å²) in [4.78, 5) is 3.77. The largest absolute Gasteiger partial charge is 0.349 e. The molecule has 74 valence electrons. The Hall–Kier alpha value is -1.43. The highest BCUT2D eigenvalue weighted by Crippen LogP contribution is 2.15. The zero-order valence-electron chi connectivity index (χ0n) is 7.31. The lowest BCUT2D eigenvalue weighted by Gasteiger charge is -1.97. The van der Waals surface area contributed by atoms with Crippen molar-refractivity contribution >= 4 is 15.9 Å². The maximum atomic E-state index is 12.7. The van der Waals surface area contributed by atoms with Crippen LogP contribution in [0.15, 0.2) is 29.6 Å². The molecule has 0 radical (unpaired) electrons. The monoisotopic (exact) mass is 214 g/mol. The highest BCUT2D eigenvalue weighted by atomic mass is 32.3. The highest BCUT2D eigenvalue weighted by Gasteiger charge is 2.17. The van der Waals surface area contributed by atoms with Gasteiger partial charge in [-0.05, 0) is 18.6 Å². The third kappa shape index (κ3) is 1.37. The maximum absolute atomic E-state index is 12.7. The molecule has 14 heavy (non-hydrogen) atoms. The predicted molar refractivity (Wildman–Crippen MR) is 48.2 cm³/mol. The summed E-state index contributed by atoms with van der Waals surface area (Å²) in [6, 6.07) is 3.40. The summed E-state index contributed by atoms with van der Waals surface area (Å²) in [6.45, 7) is 1.79. The van der Waals surface area contributed by atoms with E-state index in [-0.39, 0.29) is 0 Å². The number of hydrogen-bond acceptors (Lipinski definition) is 3. The lowest BCUT2D eigenvalue weighted by molar-refractivity contribution is 0.546. The smallest absolute Gasteiger partial charge is 0.288 e. The van der Waals surface area contributed by atoms with Gasteiger partial charge < -0.3 is 0 Å². The number of halogens is 1. The second-order valence-corrected chi connectivity index (χ2v) is 4.26. The quantitative estimate of drug-likeness (QED) is 0.672. The fourth-order valence-electron chi connectivity index (χ4n) is 1.24. The summed E-state index contributed by atoms with van der Waals surface area (Å²) in [6.07, 6.45) is 2.53. The number of nitrogens with zero attached hydrogens (tertiary/aromatic N) is 2. The van der Waals surface area contributed by atoms with Gasteiger partial charge in [0.2, 0.25) is 0 Å².